The van der Waals surface area contributed by atoms with Gasteiger partial charge in [0, 0.05) is 4.88 Å². The highest BCUT2D eigenvalue weighted by molar-refractivity contribution is 7.16. The van der Waals surface area contributed by atoms with E-state index >= 15 is 0 Å². The molecule has 1 rings (SSSR count). The van der Waals surface area contributed by atoms with Crippen molar-refractivity contribution < 1.29 is 33.7 Å². The van der Waals surface area contributed by atoms with E-state index in [2.05, 4.69) is 15.8 Å². The van der Waals surface area contributed by atoms with Crippen LogP contribution in [0.2, 0.25) is 0 Å². The van der Waals surface area contributed by atoms with Crippen LogP contribution in [0.15, 0.2) is 0 Å². The number of esters is 1. The van der Waals surface area contributed by atoms with Crippen molar-refractivity contribution >= 4 is 34.4 Å². The second-order valence-corrected chi connectivity index (χ2v) is 6.49. The van der Waals surface area contributed by atoms with Gasteiger partial charge in [-0.3, -0.25) is 9.68 Å². The van der Waals surface area contributed by atoms with Crippen molar-refractivity contribution in [1.82, 2.24) is 0 Å². The molecule has 0 radical (unpaired) electrons. The summed E-state index contributed by atoms with van der Waals surface area (Å²) in [5.74, 6) is -1.11. The third-order valence-electron chi connectivity index (χ3n) is 3.30. The lowest BCUT2D eigenvalue weighted by Gasteiger charge is -2.21. The molecule has 28 heavy (non-hydrogen) atoms. The van der Waals surface area contributed by atoms with Crippen LogP contribution >= 0.6 is 11.3 Å². The second-order valence-electron chi connectivity index (χ2n) is 5.29. The molecule has 154 valence electrons. The van der Waals surface area contributed by atoms with Gasteiger partial charge in [-0.05, 0) is 32.8 Å². The molecule has 1 aromatic heterocycles. The van der Waals surface area contributed by atoms with Gasteiger partial charge in [0.2, 0.25) is 0 Å². The van der Waals surface area contributed by atoms with Crippen LogP contribution in [0, 0.1) is 18.3 Å². The van der Waals surface area contributed by atoms with Crippen LogP contribution in [0.4, 0.5) is 5.00 Å². The van der Waals surface area contributed by atoms with Crippen LogP contribution in [-0.4, -0.2) is 44.4 Å². The van der Waals surface area contributed by atoms with Crippen LogP contribution in [0.25, 0.3) is 0 Å². The molecular weight excluding hydrogens is 388 g/mol. The Morgan fingerprint density at radius 2 is 1.71 bits per heavy atom. The lowest BCUT2D eigenvalue weighted by Crippen LogP contribution is -2.36. The molecular formula is C18H24N2O7S. The summed E-state index contributed by atoms with van der Waals surface area (Å²) in [5.41, 5.74) is 1.45. The predicted molar refractivity (Wildman–Crippen MR) is 99.3 cm³/mol. The maximum Gasteiger partial charge on any atom is 0.373 e. The van der Waals surface area contributed by atoms with E-state index < -0.39 is 11.9 Å². The zero-order chi connectivity index (χ0) is 21.5. The van der Waals surface area contributed by atoms with Gasteiger partial charge in [0.1, 0.15) is 24.2 Å². The van der Waals surface area contributed by atoms with Gasteiger partial charge in [0.25, 0.3) is 0 Å². The summed E-state index contributed by atoms with van der Waals surface area (Å²) >= 11 is 1.39. The van der Waals surface area contributed by atoms with Crippen molar-refractivity contribution in [3.8, 4) is 6.07 Å². The average molecular weight is 412 g/mol. The van der Waals surface area contributed by atoms with Gasteiger partial charge >= 0.3 is 18.1 Å². The molecule has 1 aromatic rings. The Labute approximate surface area is 167 Å². The highest BCUT2D eigenvalue weighted by Crippen LogP contribution is 2.36. The van der Waals surface area contributed by atoms with E-state index in [1.165, 1.54) is 16.2 Å². The van der Waals surface area contributed by atoms with Crippen LogP contribution in [0.5, 0.6) is 0 Å². The minimum Gasteiger partial charge on any atom is -0.465 e. The molecule has 0 N–H and O–H groups in total. The summed E-state index contributed by atoms with van der Waals surface area (Å²) in [6.45, 7) is 7.48. The summed E-state index contributed by atoms with van der Waals surface area (Å²) < 4.78 is 4.97. The number of ether oxygens (including phenoxy) is 1. The van der Waals surface area contributed by atoms with Crippen molar-refractivity contribution in [3.05, 3.63) is 16.0 Å². The van der Waals surface area contributed by atoms with Gasteiger partial charge in [-0.25, -0.2) is 4.79 Å². The number of nitrogens with zero attached hydrogens (tertiary/aromatic N) is 2. The molecule has 0 spiro atoms. The molecule has 10 heteroatoms. The van der Waals surface area contributed by atoms with Gasteiger partial charge in [-0.15, -0.1) is 11.3 Å². The Hall–Kier alpha value is -2.73. The molecule has 0 fully saturated rings. The van der Waals surface area contributed by atoms with E-state index in [1.807, 2.05) is 13.8 Å². The normalized spacial score (nSPS) is 9.39. The van der Waals surface area contributed by atoms with Gasteiger partial charge in [0.05, 0.1) is 18.8 Å². The largest absolute Gasteiger partial charge is 0.465 e. The van der Waals surface area contributed by atoms with Crippen molar-refractivity contribution in [2.45, 2.75) is 40.5 Å². The first-order valence-corrected chi connectivity index (χ1v) is 9.46. The molecule has 0 atom stereocenters. The fourth-order valence-electron chi connectivity index (χ4n) is 2.32. The Bertz CT molecular complexity index is 718. The average Bonchev–Trinajstić information content (AvgIpc) is 2.96. The number of rotatable bonds is 10. The molecule has 0 aromatic carbocycles. The van der Waals surface area contributed by atoms with E-state index in [1.54, 1.807) is 13.8 Å². The highest BCUT2D eigenvalue weighted by Gasteiger charge is 2.25. The third-order valence-corrected chi connectivity index (χ3v) is 4.51. The summed E-state index contributed by atoms with van der Waals surface area (Å²) in [4.78, 5) is 51.9. The Morgan fingerprint density at radius 3 is 2.21 bits per heavy atom. The smallest absolute Gasteiger partial charge is 0.373 e. The minimum absolute atomic E-state index is 0.144. The molecule has 1 heterocycles. The van der Waals surface area contributed by atoms with Crippen molar-refractivity contribution in [2.75, 3.05) is 31.2 Å². The summed E-state index contributed by atoms with van der Waals surface area (Å²) in [7, 11) is 0. The van der Waals surface area contributed by atoms with Crippen LogP contribution in [-0.2, 0) is 40.1 Å². The number of aryl methyl sites for hydroxylation is 1. The van der Waals surface area contributed by atoms with Gasteiger partial charge in [-0.1, -0.05) is 13.3 Å². The number of nitriles is 1. The number of carbonyl (C=O) groups excluding carboxylic acids is 4. The SMILES string of the molecule is CCCc1c(C)sc(N(CC(=O)OCC)CC(=O)OOCC)c1C#N.O=C=O. The number of thiophene rings is 1. The lowest BCUT2D eigenvalue weighted by atomic mass is 10.1. The minimum atomic E-state index is -0.641. The monoisotopic (exact) mass is 412 g/mol. The maximum absolute atomic E-state index is 11.9. The third kappa shape index (κ3) is 8.31. The number of hydrogen-bond acceptors (Lipinski definition) is 10. The first-order valence-electron chi connectivity index (χ1n) is 8.64. The van der Waals surface area contributed by atoms with E-state index in [4.69, 9.17) is 14.3 Å². The molecule has 9 nitrogen and oxygen atoms in total. The van der Waals surface area contributed by atoms with E-state index in [-0.39, 0.29) is 32.5 Å². The topological polar surface area (TPSA) is 123 Å². The fourth-order valence-corrected chi connectivity index (χ4v) is 3.47. The zero-order valence-electron chi connectivity index (χ0n) is 16.4. The van der Waals surface area contributed by atoms with Crippen LogP contribution in [0.3, 0.4) is 0 Å². The van der Waals surface area contributed by atoms with Crippen LogP contribution < -0.4 is 4.90 Å². The first-order chi connectivity index (χ1) is 13.4. The molecule has 0 unspecified atom stereocenters. The zero-order valence-corrected chi connectivity index (χ0v) is 17.2. The van der Waals surface area contributed by atoms with Crippen LogP contribution in [0.1, 0.15) is 43.2 Å². The Kier molecular flexibility index (Phi) is 12.9. The molecule has 0 saturated carbocycles. The summed E-state index contributed by atoms with van der Waals surface area (Å²) in [6, 6.07) is 2.21. The van der Waals surface area contributed by atoms with Crippen molar-refractivity contribution in [3.63, 3.8) is 0 Å². The molecule has 0 bridgehead atoms. The molecule has 0 saturated heterocycles. The van der Waals surface area contributed by atoms with E-state index in [0.717, 1.165) is 23.3 Å². The predicted octanol–water partition coefficient (Wildman–Crippen LogP) is 2.16. The highest BCUT2D eigenvalue weighted by atomic mass is 32.1. The number of anilines is 1. The molecule has 0 amide bonds. The maximum atomic E-state index is 11.9. The Balaban J connectivity index is 0.00000227. The van der Waals surface area contributed by atoms with E-state index in [0.29, 0.717) is 10.6 Å². The Morgan fingerprint density at radius 1 is 1.11 bits per heavy atom. The number of hydrogen-bond donors (Lipinski definition) is 0. The van der Waals surface area contributed by atoms with Gasteiger partial charge < -0.3 is 9.64 Å². The van der Waals surface area contributed by atoms with Gasteiger partial charge in [-0.2, -0.15) is 19.7 Å². The van der Waals surface area contributed by atoms with Gasteiger partial charge in [0.15, 0.2) is 0 Å². The lowest BCUT2D eigenvalue weighted by molar-refractivity contribution is -0.268. The molecule has 0 aliphatic heterocycles. The summed E-state index contributed by atoms with van der Waals surface area (Å²) in [6.07, 6.45) is 1.91. The van der Waals surface area contributed by atoms with Crippen molar-refractivity contribution in [2.24, 2.45) is 0 Å². The second kappa shape index (κ2) is 14.3. The van der Waals surface area contributed by atoms with E-state index in [9.17, 15) is 14.9 Å². The molecule has 0 aliphatic rings. The first kappa shape index (κ1) is 25.3. The molecule has 0 aliphatic carbocycles. The quantitative estimate of drug-likeness (QED) is 0.323. The van der Waals surface area contributed by atoms with Crippen molar-refractivity contribution in [1.29, 1.82) is 5.26 Å². The summed E-state index contributed by atoms with van der Waals surface area (Å²) in [5, 5.41) is 10.1. The fraction of sp³-hybridized carbons (Fsp3) is 0.556. The standard InChI is InChI=1S/C17H24N2O5S.CO2/c1-5-8-13-12(4)25-17(14(13)9-18)19(10-15(20)22-6-2)11-16(21)24-23-7-3;2-1-3/h5-8,10-11H2,1-4H3;. The number of carbonyl (C=O) groups is 2.